The summed E-state index contributed by atoms with van der Waals surface area (Å²) in [4.78, 5) is 0. The number of benzene rings is 2. The molecule has 2 aliphatic heterocycles. The first-order chi connectivity index (χ1) is 11.4. The molecule has 0 spiro atoms. The van der Waals surface area contributed by atoms with Gasteiger partial charge in [-0.25, -0.2) is 0 Å². The highest BCUT2D eigenvalue weighted by Crippen LogP contribution is 2.45. The molecule has 2 N–H and O–H groups in total. The molecule has 0 radical (unpaired) electrons. The lowest BCUT2D eigenvalue weighted by atomic mass is 9.75. The minimum atomic E-state index is -1.57. The number of hydrogen-bond donors (Lipinski definition) is 2. The predicted octanol–water partition coefficient (Wildman–Crippen LogP) is 2.26. The summed E-state index contributed by atoms with van der Waals surface area (Å²) >= 11 is 0. The highest BCUT2D eigenvalue weighted by Gasteiger charge is 2.45. The molecule has 0 aromatic heterocycles. The Labute approximate surface area is 139 Å². The van der Waals surface area contributed by atoms with Crippen LogP contribution in [0.2, 0.25) is 0 Å². The minimum absolute atomic E-state index is 0.152. The molecule has 24 heavy (non-hydrogen) atoms. The van der Waals surface area contributed by atoms with E-state index in [0.29, 0.717) is 34.1 Å². The fraction of sp³-hybridized carbons (Fsp3) is 0.333. The van der Waals surface area contributed by atoms with E-state index in [1.807, 2.05) is 0 Å². The number of rotatable bonds is 3. The van der Waals surface area contributed by atoms with E-state index in [1.165, 1.54) is 0 Å². The van der Waals surface area contributed by atoms with Gasteiger partial charge < -0.3 is 29.2 Å². The maximum atomic E-state index is 11.1. The van der Waals surface area contributed by atoms with Crippen LogP contribution < -0.4 is 18.9 Å². The van der Waals surface area contributed by atoms with E-state index in [1.54, 1.807) is 50.2 Å². The lowest BCUT2D eigenvalue weighted by Crippen LogP contribution is -2.45. The predicted molar refractivity (Wildman–Crippen MR) is 84.3 cm³/mol. The zero-order valence-corrected chi connectivity index (χ0v) is 13.4. The molecule has 2 aromatic carbocycles. The van der Waals surface area contributed by atoms with Crippen LogP contribution in [0.5, 0.6) is 23.0 Å². The zero-order valence-electron chi connectivity index (χ0n) is 13.4. The van der Waals surface area contributed by atoms with Crippen LogP contribution in [0, 0.1) is 0 Å². The first kappa shape index (κ1) is 15.1. The van der Waals surface area contributed by atoms with E-state index >= 15 is 0 Å². The molecular formula is C18H18O6. The monoisotopic (exact) mass is 330 g/mol. The van der Waals surface area contributed by atoms with Gasteiger partial charge in [0.25, 0.3) is 0 Å². The van der Waals surface area contributed by atoms with E-state index in [0.717, 1.165) is 0 Å². The summed E-state index contributed by atoms with van der Waals surface area (Å²) < 4.78 is 21.3. The third-order valence-corrected chi connectivity index (χ3v) is 4.82. The first-order valence-corrected chi connectivity index (χ1v) is 7.64. The maximum absolute atomic E-state index is 11.1. The van der Waals surface area contributed by atoms with Gasteiger partial charge in [0.1, 0.15) is 11.2 Å². The molecule has 6 nitrogen and oxygen atoms in total. The van der Waals surface area contributed by atoms with Crippen LogP contribution >= 0.6 is 0 Å². The summed E-state index contributed by atoms with van der Waals surface area (Å²) in [5, 5.41) is 22.3. The molecule has 0 fully saturated rings. The van der Waals surface area contributed by atoms with E-state index < -0.39 is 11.2 Å². The van der Waals surface area contributed by atoms with Crippen LogP contribution in [0.4, 0.5) is 0 Å². The second-order valence-corrected chi connectivity index (χ2v) is 6.28. The molecule has 6 heteroatoms. The van der Waals surface area contributed by atoms with Crippen molar-refractivity contribution in [3.05, 3.63) is 47.5 Å². The van der Waals surface area contributed by atoms with Crippen molar-refractivity contribution >= 4 is 0 Å². The van der Waals surface area contributed by atoms with Gasteiger partial charge in [0.15, 0.2) is 23.0 Å². The van der Waals surface area contributed by atoms with Gasteiger partial charge in [-0.3, -0.25) is 0 Å². The summed E-state index contributed by atoms with van der Waals surface area (Å²) in [6.07, 6.45) is 0. The summed E-state index contributed by atoms with van der Waals surface area (Å²) in [5.74, 6) is 2.35. The van der Waals surface area contributed by atoms with Crippen LogP contribution in [0.25, 0.3) is 0 Å². The standard InChI is InChI=1S/C18H18O6/c1-17(19,11-3-5-13-15(7-11)23-9-21-13)18(2,20)12-4-6-14-16(8-12)24-10-22-14/h3-8,19-20H,9-10H2,1-2H3. The zero-order chi connectivity index (χ0) is 16.9. The molecule has 2 atom stereocenters. The van der Waals surface area contributed by atoms with Gasteiger partial charge in [-0.15, -0.1) is 0 Å². The molecule has 0 bridgehead atoms. The van der Waals surface area contributed by atoms with Crippen molar-refractivity contribution in [1.82, 2.24) is 0 Å². The molecule has 0 saturated carbocycles. The van der Waals surface area contributed by atoms with E-state index in [2.05, 4.69) is 0 Å². The molecule has 0 saturated heterocycles. The van der Waals surface area contributed by atoms with Gasteiger partial charge in [0, 0.05) is 0 Å². The van der Waals surface area contributed by atoms with Crippen LogP contribution in [0.15, 0.2) is 36.4 Å². The molecule has 2 unspecified atom stereocenters. The van der Waals surface area contributed by atoms with Crippen molar-refractivity contribution in [3.63, 3.8) is 0 Å². The SMILES string of the molecule is CC(O)(c1ccc2c(c1)OCO2)C(C)(O)c1ccc2c(c1)OCO2. The van der Waals surface area contributed by atoms with Crippen molar-refractivity contribution in [2.75, 3.05) is 13.6 Å². The van der Waals surface area contributed by atoms with Crippen molar-refractivity contribution in [1.29, 1.82) is 0 Å². The van der Waals surface area contributed by atoms with Crippen molar-refractivity contribution in [2.45, 2.75) is 25.0 Å². The summed E-state index contributed by atoms with van der Waals surface area (Å²) in [6, 6.07) is 10.3. The Morgan fingerprint density at radius 2 is 1.04 bits per heavy atom. The van der Waals surface area contributed by atoms with Gasteiger partial charge in [0.2, 0.25) is 13.6 Å². The second-order valence-electron chi connectivity index (χ2n) is 6.28. The normalized spacial score (nSPS) is 19.7. The average Bonchev–Trinajstić information content (AvgIpc) is 3.21. The average molecular weight is 330 g/mol. The molecule has 2 aromatic rings. The smallest absolute Gasteiger partial charge is 0.231 e. The van der Waals surface area contributed by atoms with Gasteiger partial charge >= 0.3 is 0 Å². The van der Waals surface area contributed by atoms with Gasteiger partial charge in [-0.2, -0.15) is 0 Å². The summed E-state index contributed by atoms with van der Waals surface area (Å²) in [6.45, 7) is 3.43. The van der Waals surface area contributed by atoms with Crippen LogP contribution in [0.1, 0.15) is 25.0 Å². The van der Waals surface area contributed by atoms with E-state index in [4.69, 9.17) is 18.9 Å². The lowest BCUT2D eigenvalue weighted by Gasteiger charge is -2.39. The van der Waals surface area contributed by atoms with Crippen LogP contribution in [-0.4, -0.2) is 23.8 Å². The molecule has 0 aliphatic carbocycles. The second kappa shape index (κ2) is 5.03. The molecule has 2 aliphatic rings. The van der Waals surface area contributed by atoms with Gasteiger partial charge in [-0.05, 0) is 49.2 Å². The molecule has 0 amide bonds. The minimum Gasteiger partial charge on any atom is -0.454 e. The fourth-order valence-electron chi connectivity index (χ4n) is 2.96. The Morgan fingerprint density at radius 1 is 0.667 bits per heavy atom. The Morgan fingerprint density at radius 3 is 1.46 bits per heavy atom. The number of hydrogen-bond acceptors (Lipinski definition) is 6. The van der Waals surface area contributed by atoms with Crippen molar-refractivity contribution in [2.24, 2.45) is 0 Å². The number of fused-ring (bicyclic) bond motifs is 2. The third-order valence-electron chi connectivity index (χ3n) is 4.82. The Balaban J connectivity index is 1.74. The molecule has 126 valence electrons. The number of ether oxygens (including phenoxy) is 4. The lowest BCUT2D eigenvalue weighted by molar-refractivity contribution is -0.143. The van der Waals surface area contributed by atoms with Crippen molar-refractivity contribution < 1.29 is 29.2 Å². The van der Waals surface area contributed by atoms with E-state index in [9.17, 15) is 10.2 Å². The fourth-order valence-corrected chi connectivity index (χ4v) is 2.96. The Kier molecular flexibility index (Phi) is 3.16. The molecule has 4 rings (SSSR count). The number of aliphatic hydroxyl groups is 2. The molecule has 2 heterocycles. The summed E-state index contributed by atoms with van der Waals surface area (Å²) in [7, 11) is 0. The summed E-state index contributed by atoms with van der Waals surface area (Å²) in [5.41, 5.74) is -2.09. The van der Waals surface area contributed by atoms with Gasteiger partial charge in [0.05, 0.1) is 0 Å². The third kappa shape index (κ3) is 2.11. The largest absolute Gasteiger partial charge is 0.454 e. The highest BCUT2D eigenvalue weighted by atomic mass is 16.7. The van der Waals surface area contributed by atoms with Crippen LogP contribution in [0.3, 0.4) is 0 Å². The maximum Gasteiger partial charge on any atom is 0.231 e. The topological polar surface area (TPSA) is 77.4 Å². The van der Waals surface area contributed by atoms with Crippen molar-refractivity contribution in [3.8, 4) is 23.0 Å². The Hall–Kier alpha value is -2.44. The molecular weight excluding hydrogens is 312 g/mol. The van der Waals surface area contributed by atoms with Gasteiger partial charge in [-0.1, -0.05) is 12.1 Å². The quantitative estimate of drug-likeness (QED) is 0.899. The highest BCUT2D eigenvalue weighted by molar-refractivity contribution is 5.49. The Bertz CT molecular complexity index is 729. The van der Waals surface area contributed by atoms with E-state index in [-0.39, 0.29) is 13.6 Å². The first-order valence-electron chi connectivity index (χ1n) is 7.64. The van der Waals surface area contributed by atoms with Crippen LogP contribution in [-0.2, 0) is 11.2 Å².